The molecule has 7 heteroatoms. The molecule has 0 aliphatic carbocycles. The van der Waals surface area contributed by atoms with Gasteiger partial charge in [-0.1, -0.05) is 20.8 Å². The number of likely N-dealkylation sites (tertiary alicyclic amines) is 1. The van der Waals surface area contributed by atoms with Crippen LogP contribution in [0.4, 0.5) is 9.80 Å². The maximum Gasteiger partial charge on any atom is 0.410 e. The van der Waals surface area contributed by atoms with Gasteiger partial charge in [0.2, 0.25) is 5.91 Å². The minimum atomic E-state index is -0.561. The zero-order chi connectivity index (χ0) is 20.4. The molecule has 0 aromatic carbocycles. The van der Waals surface area contributed by atoms with Crippen molar-refractivity contribution in [2.45, 2.75) is 65.4 Å². The van der Waals surface area contributed by atoms with Crippen LogP contribution in [0.1, 0.15) is 65.5 Å². The van der Waals surface area contributed by atoms with Crippen molar-refractivity contribution < 1.29 is 14.3 Å². The Morgan fingerprint density at radius 2 is 1.96 bits per heavy atom. The highest BCUT2D eigenvalue weighted by atomic mass is 32.1. The van der Waals surface area contributed by atoms with Crippen LogP contribution in [0.2, 0.25) is 0 Å². The number of nitrogens with one attached hydrogen (secondary N) is 1. The summed E-state index contributed by atoms with van der Waals surface area (Å²) in [6.07, 6.45) is 1.08. The predicted molar refractivity (Wildman–Crippen MR) is 107 cm³/mol. The summed E-state index contributed by atoms with van der Waals surface area (Å²) in [7, 11) is 0. The van der Waals surface area contributed by atoms with Crippen LogP contribution in [-0.4, -0.2) is 35.6 Å². The maximum absolute atomic E-state index is 12.8. The summed E-state index contributed by atoms with van der Waals surface area (Å²) in [5.41, 5.74) is 0.738. The molecule has 1 fully saturated rings. The normalized spacial score (nSPS) is 18.0. The van der Waals surface area contributed by atoms with E-state index in [1.54, 1.807) is 4.90 Å². The summed E-state index contributed by atoms with van der Waals surface area (Å²) in [6, 6.07) is 2.22. The molecule has 6 nitrogen and oxygen atoms in total. The van der Waals surface area contributed by atoms with E-state index >= 15 is 0 Å². The molecular formula is C20H29N3O3S. The van der Waals surface area contributed by atoms with Crippen molar-refractivity contribution in [3.63, 3.8) is 0 Å². The van der Waals surface area contributed by atoms with E-state index in [-0.39, 0.29) is 23.3 Å². The smallest absolute Gasteiger partial charge is 0.410 e. The van der Waals surface area contributed by atoms with Gasteiger partial charge in [-0.2, -0.15) is 5.26 Å². The third-order valence-electron chi connectivity index (χ3n) is 4.39. The number of carbonyl (C=O) groups excluding carboxylic acids is 2. The predicted octanol–water partition coefficient (Wildman–Crippen LogP) is 4.50. The van der Waals surface area contributed by atoms with Crippen LogP contribution < -0.4 is 5.32 Å². The van der Waals surface area contributed by atoms with Crippen LogP contribution in [0.3, 0.4) is 0 Å². The number of thiophene rings is 1. The summed E-state index contributed by atoms with van der Waals surface area (Å²) >= 11 is 1.38. The van der Waals surface area contributed by atoms with E-state index in [1.165, 1.54) is 11.3 Å². The summed E-state index contributed by atoms with van der Waals surface area (Å²) < 4.78 is 5.42. The second-order valence-electron chi connectivity index (χ2n) is 8.97. The number of piperidine rings is 1. The van der Waals surface area contributed by atoms with Gasteiger partial charge in [0.15, 0.2) is 0 Å². The Bertz CT molecular complexity index is 750. The molecule has 1 aromatic heterocycles. The minimum absolute atomic E-state index is 0.151. The largest absolute Gasteiger partial charge is 0.444 e. The van der Waals surface area contributed by atoms with Gasteiger partial charge in [-0.05, 0) is 50.0 Å². The molecule has 2 amide bonds. The van der Waals surface area contributed by atoms with Crippen molar-refractivity contribution in [2.24, 2.45) is 5.92 Å². The molecule has 27 heavy (non-hydrogen) atoms. The van der Waals surface area contributed by atoms with Crippen molar-refractivity contribution in [1.29, 1.82) is 5.26 Å². The second-order valence-corrected chi connectivity index (χ2v) is 9.85. The first-order chi connectivity index (χ1) is 12.4. The summed E-state index contributed by atoms with van der Waals surface area (Å²) in [4.78, 5) is 26.6. The van der Waals surface area contributed by atoms with Gasteiger partial charge in [0.05, 0.1) is 11.5 Å². The van der Waals surface area contributed by atoms with Crippen LogP contribution in [0, 0.1) is 17.2 Å². The molecule has 1 unspecified atom stereocenters. The standard InChI is InChI=1S/C20H29N3O3S/c1-19(2,3)15-12-27-17(14(15)10-21)22-16(24)13-8-7-9-23(11-13)18(25)26-20(4,5)6/h12-13H,7-9,11H2,1-6H3,(H,22,24). The number of nitriles is 1. The highest BCUT2D eigenvalue weighted by Gasteiger charge is 2.32. The highest BCUT2D eigenvalue weighted by molar-refractivity contribution is 7.14. The molecule has 1 N–H and O–H groups in total. The lowest BCUT2D eigenvalue weighted by atomic mass is 9.86. The van der Waals surface area contributed by atoms with Crippen molar-refractivity contribution in [3.8, 4) is 6.07 Å². The Hall–Kier alpha value is -2.07. The van der Waals surface area contributed by atoms with Gasteiger partial charge in [-0.15, -0.1) is 11.3 Å². The van der Waals surface area contributed by atoms with Gasteiger partial charge in [0.1, 0.15) is 16.7 Å². The number of nitrogens with zero attached hydrogens (tertiary/aromatic N) is 2. The van der Waals surface area contributed by atoms with E-state index in [4.69, 9.17) is 4.74 Å². The molecule has 1 aromatic rings. The van der Waals surface area contributed by atoms with Crippen LogP contribution in [-0.2, 0) is 14.9 Å². The van der Waals surface area contributed by atoms with E-state index in [1.807, 2.05) is 46.9 Å². The van der Waals surface area contributed by atoms with Crippen molar-refractivity contribution in [1.82, 2.24) is 4.90 Å². The third kappa shape index (κ3) is 5.46. The van der Waals surface area contributed by atoms with Gasteiger partial charge in [-0.3, -0.25) is 4.79 Å². The third-order valence-corrected chi connectivity index (χ3v) is 5.29. The van der Waals surface area contributed by atoms with Crippen LogP contribution in [0.5, 0.6) is 0 Å². The number of hydrogen-bond donors (Lipinski definition) is 1. The van der Waals surface area contributed by atoms with Crippen molar-refractivity contribution in [3.05, 3.63) is 16.5 Å². The van der Waals surface area contributed by atoms with Crippen molar-refractivity contribution in [2.75, 3.05) is 18.4 Å². The average Bonchev–Trinajstić information content (AvgIpc) is 2.96. The molecule has 0 bridgehead atoms. The lowest BCUT2D eigenvalue weighted by molar-refractivity contribution is -0.121. The number of anilines is 1. The molecule has 0 spiro atoms. The summed E-state index contributed by atoms with van der Waals surface area (Å²) in [5, 5.41) is 15.0. The molecule has 0 radical (unpaired) electrons. The maximum atomic E-state index is 12.8. The van der Waals surface area contributed by atoms with E-state index < -0.39 is 5.60 Å². The van der Waals surface area contributed by atoms with Crippen molar-refractivity contribution >= 4 is 28.3 Å². The van der Waals surface area contributed by atoms with E-state index in [0.29, 0.717) is 30.1 Å². The fraction of sp³-hybridized carbons (Fsp3) is 0.650. The number of hydrogen-bond acceptors (Lipinski definition) is 5. The number of carbonyl (C=O) groups is 2. The molecule has 1 aliphatic heterocycles. The van der Waals surface area contributed by atoms with Crippen LogP contribution in [0.15, 0.2) is 5.38 Å². The first-order valence-electron chi connectivity index (χ1n) is 9.23. The fourth-order valence-corrected chi connectivity index (χ4v) is 4.15. The topological polar surface area (TPSA) is 82.4 Å². The Morgan fingerprint density at radius 3 is 2.52 bits per heavy atom. The van der Waals surface area contributed by atoms with Gasteiger partial charge in [0, 0.05) is 13.1 Å². The summed E-state index contributed by atoms with van der Waals surface area (Å²) in [5.74, 6) is -0.458. The molecule has 2 heterocycles. The molecule has 1 saturated heterocycles. The molecule has 2 rings (SSSR count). The Kier molecular flexibility index (Phi) is 6.21. The van der Waals surface area contributed by atoms with Crippen LogP contribution in [0.25, 0.3) is 0 Å². The van der Waals surface area contributed by atoms with E-state index in [0.717, 1.165) is 12.0 Å². The number of rotatable bonds is 2. The average molecular weight is 392 g/mol. The number of ether oxygens (including phenoxy) is 1. The van der Waals surface area contributed by atoms with E-state index in [9.17, 15) is 14.9 Å². The Balaban J connectivity index is 2.07. The van der Waals surface area contributed by atoms with Gasteiger partial charge < -0.3 is 15.0 Å². The van der Waals surface area contributed by atoms with Gasteiger partial charge in [0.25, 0.3) is 0 Å². The first-order valence-corrected chi connectivity index (χ1v) is 10.1. The minimum Gasteiger partial charge on any atom is -0.444 e. The SMILES string of the molecule is CC(C)(C)OC(=O)N1CCCC(C(=O)Nc2scc(C(C)(C)C)c2C#N)C1. The quantitative estimate of drug-likeness (QED) is 0.804. The number of amides is 2. The molecule has 1 atom stereocenters. The molecule has 1 aliphatic rings. The molecule has 0 saturated carbocycles. The van der Waals surface area contributed by atoms with Gasteiger partial charge >= 0.3 is 6.09 Å². The van der Waals surface area contributed by atoms with Crippen LogP contribution >= 0.6 is 11.3 Å². The van der Waals surface area contributed by atoms with E-state index in [2.05, 4.69) is 11.4 Å². The molecular weight excluding hydrogens is 362 g/mol. The zero-order valence-electron chi connectivity index (χ0n) is 17.0. The summed E-state index contributed by atoms with van der Waals surface area (Å²) in [6.45, 7) is 12.5. The zero-order valence-corrected chi connectivity index (χ0v) is 17.8. The Morgan fingerprint density at radius 1 is 1.30 bits per heavy atom. The lowest BCUT2D eigenvalue weighted by Gasteiger charge is -2.33. The first kappa shape index (κ1) is 21.2. The Labute approximate surface area is 165 Å². The lowest BCUT2D eigenvalue weighted by Crippen LogP contribution is -2.45. The fourth-order valence-electron chi connectivity index (χ4n) is 3.01. The molecule has 148 valence electrons. The monoisotopic (exact) mass is 391 g/mol. The van der Waals surface area contributed by atoms with Gasteiger partial charge in [-0.25, -0.2) is 4.79 Å². The highest BCUT2D eigenvalue weighted by Crippen LogP contribution is 2.36. The second kappa shape index (κ2) is 7.89.